The second-order valence-electron chi connectivity index (χ2n) is 8.96. The van der Waals surface area contributed by atoms with Crippen molar-refractivity contribution in [3.8, 4) is 17.3 Å². The molecule has 2 bridgehead atoms. The van der Waals surface area contributed by atoms with E-state index in [2.05, 4.69) is 32.4 Å². The van der Waals surface area contributed by atoms with Gasteiger partial charge in [-0.15, -0.1) is 5.10 Å². The van der Waals surface area contributed by atoms with Gasteiger partial charge in [-0.05, 0) is 43.0 Å². The van der Waals surface area contributed by atoms with Gasteiger partial charge < -0.3 is 5.32 Å². The standard InChI is InChI=1S/C23H24F3N7/c1-13-19-12-33(21(13)11-28-19)7-3-4-14-5-6-15(8-16(14)23(24,25)26)17-9-20-22(18(10-27)29-17)30-31-32(20)2/h5-6,8-9,13,19,21,28H,3-4,7,11-12H2,1-2H3/t13-,19?,21?/m0/s1. The predicted octanol–water partition coefficient (Wildman–Crippen LogP) is 3.15. The Morgan fingerprint density at radius 1 is 1.27 bits per heavy atom. The van der Waals surface area contributed by atoms with Crippen LogP contribution in [0.15, 0.2) is 24.3 Å². The number of aromatic nitrogens is 4. The van der Waals surface area contributed by atoms with E-state index in [9.17, 15) is 18.4 Å². The largest absolute Gasteiger partial charge is 0.416 e. The molecule has 2 aliphatic rings. The minimum Gasteiger partial charge on any atom is -0.311 e. The zero-order valence-corrected chi connectivity index (χ0v) is 18.4. The molecule has 3 aromatic rings. The van der Waals surface area contributed by atoms with E-state index in [1.807, 2.05) is 6.07 Å². The number of nitrogens with zero attached hydrogens (tertiary/aromatic N) is 6. The number of hydrogen-bond acceptors (Lipinski definition) is 6. The van der Waals surface area contributed by atoms with E-state index in [1.165, 1.54) is 10.7 Å². The van der Waals surface area contributed by atoms with E-state index in [4.69, 9.17) is 0 Å². The van der Waals surface area contributed by atoms with E-state index in [1.54, 1.807) is 19.2 Å². The molecule has 33 heavy (non-hydrogen) atoms. The fourth-order valence-electron chi connectivity index (χ4n) is 5.20. The van der Waals surface area contributed by atoms with Gasteiger partial charge in [0.15, 0.2) is 5.69 Å². The molecule has 3 atom stereocenters. The van der Waals surface area contributed by atoms with Crippen LogP contribution in [-0.4, -0.2) is 56.6 Å². The van der Waals surface area contributed by atoms with Crippen LogP contribution < -0.4 is 5.32 Å². The zero-order valence-electron chi connectivity index (χ0n) is 18.4. The zero-order chi connectivity index (χ0) is 23.3. The third kappa shape index (κ3) is 3.85. The van der Waals surface area contributed by atoms with Gasteiger partial charge in [-0.1, -0.05) is 24.3 Å². The first-order valence-electron chi connectivity index (χ1n) is 11.0. The van der Waals surface area contributed by atoms with Crippen LogP contribution in [0.1, 0.15) is 30.2 Å². The third-order valence-electron chi connectivity index (χ3n) is 7.04. The van der Waals surface area contributed by atoms with Gasteiger partial charge in [-0.2, -0.15) is 18.4 Å². The van der Waals surface area contributed by atoms with Gasteiger partial charge in [0.25, 0.3) is 0 Å². The SMILES string of the molecule is C[C@H]1C2CN(CCCc3ccc(-c4cc5c(nnn5C)c(C#N)n4)cc3C(F)(F)F)C1CN2. The maximum Gasteiger partial charge on any atom is 0.416 e. The quantitative estimate of drug-likeness (QED) is 0.637. The molecule has 4 heterocycles. The number of benzene rings is 1. The smallest absolute Gasteiger partial charge is 0.311 e. The predicted molar refractivity (Wildman–Crippen MR) is 116 cm³/mol. The number of rotatable bonds is 5. The molecule has 2 fully saturated rings. The summed E-state index contributed by atoms with van der Waals surface area (Å²) < 4.78 is 43.3. The number of likely N-dealkylation sites (tertiary alicyclic amines) is 1. The molecule has 10 heteroatoms. The molecular formula is C23H24F3N7. The highest BCUT2D eigenvalue weighted by Gasteiger charge is 2.43. The van der Waals surface area contributed by atoms with Crippen molar-refractivity contribution in [3.63, 3.8) is 0 Å². The molecule has 0 saturated carbocycles. The minimum atomic E-state index is -4.48. The van der Waals surface area contributed by atoms with Crippen molar-refractivity contribution in [2.75, 3.05) is 19.6 Å². The lowest BCUT2D eigenvalue weighted by Gasteiger charge is -2.27. The summed E-state index contributed by atoms with van der Waals surface area (Å²) in [6.07, 6.45) is -3.46. The average molecular weight is 455 g/mol. The number of nitrogens with one attached hydrogen (secondary N) is 1. The van der Waals surface area contributed by atoms with Gasteiger partial charge in [0.2, 0.25) is 0 Å². The van der Waals surface area contributed by atoms with Gasteiger partial charge in [-0.25, -0.2) is 9.67 Å². The minimum absolute atomic E-state index is 0.0388. The van der Waals surface area contributed by atoms with E-state index in [0.29, 0.717) is 47.4 Å². The Kier molecular flexibility index (Phi) is 5.34. The molecule has 2 saturated heterocycles. The van der Waals surface area contributed by atoms with Crippen molar-refractivity contribution in [1.29, 1.82) is 5.26 Å². The Morgan fingerprint density at radius 2 is 2.09 bits per heavy atom. The number of piperazine rings is 1. The van der Waals surface area contributed by atoms with Crippen LogP contribution in [0.3, 0.4) is 0 Å². The Bertz CT molecular complexity index is 1240. The molecule has 0 spiro atoms. The summed E-state index contributed by atoms with van der Waals surface area (Å²) >= 11 is 0. The van der Waals surface area contributed by atoms with Crippen molar-refractivity contribution in [1.82, 2.24) is 30.2 Å². The maximum atomic E-state index is 13.9. The summed E-state index contributed by atoms with van der Waals surface area (Å²) in [6, 6.07) is 8.88. The van der Waals surface area contributed by atoms with E-state index in [0.717, 1.165) is 25.7 Å². The molecule has 1 aromatic carbocycles. The Balaban J connectivity index is 1.40. The normalized spacial score (nSPS) is 22.8. The second kappa shape index (κ2) is 8.08. The number of pyridine rings is 1. The number of nitriles is 1. The highest BCUT2D eigenvalue weighted by molar-refractivity contribution is 5.83. The molecule has 2 unspecified atom stereocenters. The summed E-state index contributed by atoms with van der Waals surface area (Å²) in [6.45, 7) is 4.96. The molecule has 0 radical (unpaired) electrons. The summed E-state index contributed by atoms with van der Waals surface area (Å²) in [7, 11) is 1.66. The average Bonchev–Trinajstić information content (AvgIpc) is 3.44. The van der Waals surface area contributed by atoms with Crippen LogP contribution in [0.2, 0.25) is 0 Å². The van der Waals surface area contributed by atoms with Crippen molar-refractivity contribution >= 4 is 11.0 Å². The topological polar surface area (TPSA) is 82.7 Å². The third-order valence-corrected chi connectivity index (χ3v) is 7.04. The molecule has 2 aromatic heterocycles. The number of fused-ring (bicyclic) bond motifs is 3. The van der Waals surface area contributed by atoms with Gasteiger partial charge in [0.05, 0.1) is 16.8 Å². The van der Waals surface area contributed by atoms with Gasteiger partial charge in [-0.3, -0.25) is 4.90 Å². The summed E-state index contributed by atoms with van der Waals surface area (Å²) in [5, 5.41) is 20.7. The summed E-state index contributed by atoms with van der Waals surface area (Å²) in [4.78, 5) is 6.64. The van der Waals surface area contributed by atoms with Gasteiger partial charge in [0, 0.05) is 37.8 Å². The molecule has 1 N–H and O–H groups in total. The van der Waals surface area contributed by atoms with Crippen LogP contribution in [0.5, 0.6) is 0 Å². The number of aryl methyl sites for hydroxylation is 2. The Morgan fingerprint density at radius 3 is 2.76 bits per heavy atom. The van der Waals surface area contributed by atoms with Crippen molar-refractivity contribution in [2.24, 2.45) is 13.0 Å². The van der Waals surface area contributed by atoms with Crippen LogP contribution in [-0.2, 0) is 19.6 Å². The van der Waals surface area contributed by atoms with E-state index < -0.39 is 11.7 Å². The lowest BCUT2D eigenvalue weighted by molar-refractivity contribution is -0.138. The Hall–Kier alpha value is -3.03. The van der Waals surface area contributed by atoms with Crippen LogP contribution in [0, 0.1) is 17.2 Å². The monoisotopic (exact) mass is 455 g/mol. The highest BCUT2D eigenvalue weighted by Crippen LogP contribution is 2.36. The first kappa shape index (κ1) is 21.8. The van der Waals surface area contributed by atoms with Crippen molar-refractivity contribution < 1.29 is 13.2 Å². The fraction of sp³-hybridized carbons (Fsp3) is 0.478. The number of hydrogen-bond donors (Lipinski definition) is 1. The Labute approximate surface area is 189 Å². The molecule has 5 rings (SSSR count). The van der Waals surface area contributed by atoms with Crippen molar-refractivity contribution in [3.05, 3.63) is 41.1 Å². The summed E-state index contributed by atoms with van der Waals surface area (Å²) in [5.74, 6) is 0.591. The molecular weight excluding hydrogens is 431 g/mol. The number of alkyl halides is 3. The molecule has 0 aliphatic carbocycles. The van der Waals surface area contributed by atoms with E-state index >= 15 is 0 Å². The molecule has 2 aliphatic heterocycles. The van der Waals surface area contributed by atoms with Crippen LogP contribution >= 0.6 is 0 Å². The van der Waals surface area contributed by atoms with E-state index in [-0.39, 0.29) is 17.0 Å². The highest BCUT2D eigenvalue weighted by atomic mass is 19.4. The molecule has 0 amide bonds. The lowest BCUT2D eigenvalue weighted by atomic mass is 9.97. The number of halogens is 3. The van der Waals surface area contributed by atoms with Crippen LogP contribution in [0.25, 0.3) is 22.3 Å². The van der Waals surface area contributed by atoms with Gasteiger partial charge in [0.1, 0.15) is 11.6 Å². The summed E-state index contributed by atoms with van der Waals surface area (Å²) in [5.41, 5.74) is 1.14. The van der Waals surface area contributed by atoms with Gasteiger partial charge >= 0.3 is 6.18 Å². The first-order valence-corrected chi connectivity index (χ1v) is 11.0. The molecule has 172 valence electrons. The van der Waals surface area contributed by atoms with Crippen molar-refractivity contribution in [2.45, 2.75) is 38.0 Å². The van der Waals surface area contributed by atoms with Crippen LogP contribution in [0.4, 0.5) is 13.2 Å². The lowest BCUT2D eigenvalue weighted by Crippen LogP contribution is -2.43. The first-order chi connectivity index (χ1) is 15.8. The second-order valence-corrected chi connectivity index (χ2v) is 8.96. The maximum absolute atomic E-state index is 13.9. The fourth-order valence-corrected chi connectivity index (χ4v) is 5.20. The molecule has 7 nitrogen and oxygen atoms in total.